The molecule has 0 saturated heterocycles. The number of aromatic nitrogens is 2. The summed E-state index contributed by atoms with van der Waals surface area (Å²) in [6.45, 7) is 1.49. The van der Waals surface area contributed by atoms with Crippen LogP contribution in [0, 0.1) is 5.82 Å². The number of hydrogen-bond acceptors (Lipinski definition) is 3. The molecule has 11 heteroatoms. The molecule has 38 heavy (non-hydrogen) atoms. The van der Waals surface area contributed by atoms with Crippen molar-refractivity contribution in [2.75, 3.05) is 23.7 Å². The Kier molecular flexibility index (Phi) is 7.75. The number of carbonyl (C=O) groups excluding carboxylic acids is 2. The Morgan fingerprint density at radius 3 is 2.18 bits per heavy atom. The number of carbonyl (C=O) groups is 2. The van der Waals surface area contributed by atoms with Crippen LogP contribution < -0.4 is 10.6 Å². The van der Waals surface area contributed by atoms with Crippen molar-refractivity contribution in [3.05, 3.63) is 96.3 Å². The van der Waals surface area contributed by atoms with E-state index >= 15 is 0 Å². The summed E-state index contributed by atoms with van der Waals surface area (Å²) in [5.74, 6) is -0.649. The van der Waals surface area contributed by atoms with Gasteiger partial charge in [0.05, 0.1) is 16.9 Å². The fraction of sp³-hybridized carbons (Fsp3) is 0.148. The highest BCUT2D eigenvalue weighted by Gasteiger charge is 2.30. The fourth-order valence-electron chi connectivity index (χ4n) is 3.63. The van der Waals surface area contributed by atoms with Gasteiger partial charge in [0.2, 0.25) is 5.91 Å². The second kappa shape index (κ2) is 11.2. The van der Waals surface area contributed by atoms with Crippen LogP contribution in [0.1, 0.15) is 12.5 Å². The maximum atomic E-state index is 13.5. The quantitative estimate of drug-likeness (QED) is 0.283. The second-order valence-electron chi connectivity index (χ2n) is 8.24. The molecule has 0 atom stereocenters. The highest BCUT2D eigenvalue weighted by molar-refractivity contribution is 5.97. The first kappa shape index (κ1) is 26.4. The van der Waals surface area contributed by atoms with Gasteiger partial charge in [0.25, 0.3) is 0 Å². The number of nitrogens with one attached hydrogen (secondary N) is 2. The van der Waals surface area contributed by atoms with Gasteiger partial charge in [-0.25, -0.2) is 13.9 Å². The van der Waals surface area contributed by atoms with E-state index in [1.165, 1.54) is 33.8 Å². The van der Waals surface area contributed by atoms with Gasteiger partial charge in [-0.3, -0.25) is 4.79 Å². The van der Waals surface area contributed by atoms with Gasteiger partial charge in [0, 0.05) is 23.9 Å². The van der Waals surface area contributed by atoms with Crippen LogP contribution in [-0.4, -0.2) is 39.7 Å². The maximum Gasteiger partial charge on any atom is 0.416 e. The molecule has 0 bridgehead atoms. The number of amides is 3. The number of anilines is 2. The van der Waals surface area contributed by atoms with Crippen molar-refractivity contribution in [1.29, 1.82) is 0 Å². The number of alkyl halides is 3. The Morgan fingerprint density at radius 1 is 0.921 bits per heavy atom. The van der Waals surface area contributed by atoms with Crippen LogP contribution in [0.15, 0.2) is 84.9 Å². The Balaban J connectivity index is 1.49. The molecule has 0 saturated carbocycles. The van der Waals surface area contributed by atoms with Gasteiger partial charge in [0.15, 0.2) is 0 Å². The van der Waals surface area contributed by atoms with Crippen LogP contribution in [0.4, 0.5) is 33.9 Å². The van der Waals surface area contributed by atoms with Crippen molar-refractivity contribution in [3.8, 4) is 16.9 Å². The molecular weight excluding hydrogens is 502 g/mol. The van der Waals surface area contributed by atoms with E-state index in [4.69, 9.17) is 0 Å². The topological polar surface area (TPSA) is 79.3 Å². The van der Waals surface area contributed by atoms with Crippen LogP contribution >= 0.6 is 0 Å². The van der Waals surface area contributed by atoms with Gasteiger partial charge >= 0.3 is 12.2 Å². The number of halogens is 4. The Morgan fingerprint density at radius 2 is 1.58 bits per heavy atom. The van der Waals surface area contributed by atoms with E-state index in [-0.39, 0.29) is 18.8 Å². The number of hydrogen-bond donors (Lipinski definition) is 2. The first-order chi connectivity index (χ1) is 18.1. The van der Waals surface area contributed by atoms with Gasteiger partial charge in [-0.1, -0.05) is 30.3 Å². The van der Waals surface area contributed by atoms with Gasteiger partial charge in [-0.15, -0.1) is 0 Å². The molecule has 1 aromatic heterocycles. The minimum Gasteiger partial charge on any atom is -0.315 e. The summed E-state index contributed by atoms with van der Waals surface area (Å²) in [6, 6.07) is 19.8. The second-order valence-corrected chi connectivity index (χ2v) is 8.24. The minimum atomic E-state index is -4.49. The van der Waals surface area contributed by atoms with Crippen molar-refractivity contribution in [3.63, 3.8) is 0 Å². The van der Waals surface area contributed by atoms with E-state index in [1.54, 1.807) is 13.0 Å². The van der Waals surface area contributed by atoms with Gasteiger partial charge < -0.3 is 15.5 Å². The monoisotopic (exact) mass is 525 g/mol. The summed E-state index contributed by atoms with van der Waals surface area (Å²) in [5.41, 5.74) is 1.20. The fourth-order valence-corrected chi connectivity index (χ4v) is 3.63. The first-order valence-electron chi connectivity index (χ1n) is 11.6. The van der Waals surface area contributed by atoms with Gasteiger partial charge in [0.1, 0.15) is 18.2 Å². The van der Waals surface area contributed by atoms with E-state index < -0.39 is 29.5 Å². The molecule has 4 aromatic rings. The zero-order valence-corrected chi connectivity index (χ0v) is 20.2. The van der Waals surface area contributed by atoms with Crippen LogP contribution in [0.25, 0.3) is 16.9 Å². The van der Waals surface area contributed by atoms with Crippen LogP contribution in [0.5, 0.6) is 0 Å². The van der Waals surface area contributed by atoms with E-state index in [9.17, 15) is 27.2 Å². The average molecular weight is 526 g/mol. The predicted molar refractivity (Wildman–Crippen MR) is 135 cm³/mol. The normalized spacial score (nSPS) is 11.2. The summed E-state index contributed by atoms with van der Waals surface area (Å²) >= 11 is 0. The zero-order chi connectivity index (χ0) is 27.3. The largest absolute Gasteiger partial charge is 0.416 e. The van der Waals surface area contributed by atoms with E-state index in [2.05, 4.69) is 15.7 Å². The lowest BCUT2D eigenvalue weighted by Gasteiger charge is -2.21. The third kappa shape index (κ3) is 6.36. The molecule has 0 fully saturated rings. The van der Waals surface area contributed by atoms with Gasteiger partial charge in [-0.2, -0.15) is 18.3 Å². The molecule has 4 rings (SSSR count). The lowest BCUT2D eigenvalue weighted by atomic mass is 10.1. The Bertz CT molecular complexity index is 1400. The SMILES string of the molecule is CCN(CC(=O)Nc1cc(-c2ccccc2)nn1-c1ccc(F)cc1)C(=O)Nc1ccc(C(F)(F)F)cc1. The maximum absolute atomic E-state index is 13.5. The van der Waals surface area contributed by atoms with Crippen LogP contribution in [0.2, 0.25) is 0 Å². The zero-order valence-electron chi connectivity index (χ0n) is 20.2. The van der Waals surface area contributed by atoms with Crippen molar-refractivity contribution < 1.29 is 27.2 Å². The smallest absolute Gasteiger partial charge is 0.315 e. The standard InChI is InChI=1S/C27H23F4N5O2/c1-2-35(26(38)32-21-12-8-19(9-13-21)27(29,30)31)17-25(37)33-24-16-23(18-6-4-3-5-7-18)34-36(24)22-14-10-20(28)11-15-22/h3-16H,2,17H2,1H3,(H,32,38)(H,33,37). The van der Waals surface area contributed by atoms with E-state index in [0.717, 1.165) is 29.8 Å². The molecule has 0 aliphatic rings. The highest BCUT2D eigenvalue weighted by atomic mass is 19.4. The lowest BCUT2D eigenvalue weighted by Crippen LogP contribution is -2.40. The number of benzene rings is 3. The third-order valence-electron chi connectivity index (χ3n) is 5.58. The molecule has 0 radical (unpaired) electrons. The number of nitrogens with zero attached hydrogens (tertiary/aromatic N) is 3. The van der Waals surface area contributed by atoms with Crippen molar-refractivity contribution in [1.82, 2.24) is 14.7 Å². The molecule has 0 unspecified atom stereocenters. The molecule has 7 nitrogen and oxygen atoms in total. The van der Waals surface area contributed by atoms with E-state index in [1.807, 2.05) is 30.3 Å². The summed E-state index contributed by atoms with van der Waals surface area (Å²) in [6.07, 6.45) is -4.49. The minimum absolute atomic E-state index is 0.156. The number of likely N-dealkylation sites (N-methyl/N-ethyl adjacent to an activating group) is 1. The van der Waals surface area contributed by atoms with Crippen LogP contribution in [0.3, 0.4) is 0 Å². The summed E-state index contributed by atoms with van der Waals surface area (Å²) < 4.78 is 53.3. The number of urea groups is 1. The Labute approximate surface area is 215 Å². The molecule has 1 heterocycles. The van der Waals surface area contributed by atoms with Crippen molar-refractivity contribution in [2.45, 2.75) is 13.1 Å². The van der Waals surface area contributed by atoms with Gasteiger partial charge in [-0.05, 0) is 55.5 Å². The van der Waals surface area contributed by atoms with Crippen molar-refractivity contribution in [2.24, 2.45) is 0 Å². The molecule has 0 aliphatic carbocycles. The highest BCUT2D eigenvalue weighted by Crippen LogP contribution is 2.30. The van der Waals surface area contributed by atoms with Crippen molar-refractivity contribution >= 4 is 23.4 Å². The van der Waals surface area contributed by atoms with Crippen LogP contribution in [-0.2, 0) is 11.0 Å². The Hall–Kier alpha value is -4.67. The summed E-state index contributed by atoms with van der Waals surface area (Å²) in [7, 11) is 0. The molecule has 0 aliphatic heterocycles. The third-order valence-corrected chi connectivity index (χ3v) is 5.58. The molecule has 3 amide bonds. The summed E-state index contributed by atoms with van der Waals surface area (Å²) in [5, 5.41) is 9.79. The molecule has 0 spiro atoms. The summed E-state index contributed by atoms with van der Waals surface area (Å²) in [4.78, 5) is 26.8. The lowest BCUT2D eigenvalue weighted by molar-refractivity contribution is -0.137. The number of rotatable bonds is 7. The van der Waals surface area contributed by atoms with E-state index in [0.29, 0.717) is 17.2 Å². The molecule has 3 aromatic carbocycles. The predicted octanol–water partition coefficient (Wildman–Crippen LogP) is 6.19. The first-order valence-corrected chi connectivity index (χ1v) is 11.6. The average Bonchev–Trinajstić information content (AvgIpc) is 3.31. The molecular formula is C27H23F4N5O2. The molecule has 196 valence electrons. The molecule has 2 N–H and O–H groups in total.